The van der Waals surface area contributed by atoms with Crippen LogP contribution in [-0.2, 0) is 6.54 Å². The molecule has 0 radical (unpaired) electrons. The van der Waals surface area contributed by atoms with Crippen molar-refractivity contribution >= 4 is 10.8 Å². The molecule has 100 valence electrons. The molecular weight excluding hydrogens is 249 g/mol. The van der Waals surface area contributed by atoms with E-state index < -0.39 is 0 Å². The van der Waals surface area contributed by atoms with E-state index in [4.69, 9.17) is 5.73 Å². The molecule has 1 nitrogen and oxygen atoms in total. The number of aryl methyl sites for hydroxylation is 1. The first-order chi connectivity index (χ1) is 9.70. The van der Waals surface area contributed by atoms with Crippen LogP contribution >= 0.6 is 0 Å². The normalized spacial score (nSPS) is 10.9. The van der Waals surface area contributed by atoms with E-state index in [2.05, 4.69) is 13.0 Å². The third kappa shape index (κ3) is 2.08. The Morgan fingerprint density at radius 3 is 2.40 bits per heavy atom. The third-order valence-corrected chi connectivity index (χ3v) is 3.70. The van der Waals surface area contributed by atoms with Crippen LogP contribution in [0.5, 0.6) is 0 Å². The zero-order valence-corrected chi connectivity index (χ0v) is 11.4. The number of rotatable bonds is 2. The van der Waals surface area contributed by atoms with Crippen molar-refractivity contribution in [2.75, 3.05) is 0 Å². The minimum atomic E-state index is -0.212. The fraction of sp³-hybridized carbons (Fsp3) is 0.111. The van der Waals surface area contributed by atoms with Crippen molar-refractivity contribution in [1.82, 2.24) is 0 Å². The minimum Gasteiger partial charge on any atom is -0.326 e. The molecule has 0 amide bonds. The SMILES string of the molecule is Cc1ccc(-c2cc(CN)ccc2F)c2ccccc12. The zero-order valence-electron chi connectivity index (χ0n) is 11.4. The maximum atomic E-state index is 14.2. The Morgan fingerprint density at radius 1 is 0.900 bits per heavy atom. The van der Waals surface area contributed by atoms with Crippen LogP contribution in [0.3, 0.4) is 0 Å². The Kier molecular flexibility index (Phi) is 3.25. The van der Waals surface area contributed by atoms with Gasteiger partial charge in [0.25, 0.3) is 0 Å². The standard InChI is InChI=1S/C18H16FN/c1-12-6-8-16(15-5-3-2-4-14(12)15)17-10-13(11-20)7-9-18(17)19/h2-10H,11,20H2,1H3. The van der Waals surface area contributed by atoms with E-state index >= 15 is 0 Å². The molecule has 3 aromatic rings. The summed E-state index contributed by atoms with van der Waals surface area (Å²) in [6, 6.07) is 17.2. The van der Waals surface area contributed by atoms with Crippen LogP contribution in [0.2, 0.25) is 0 Å². The molecule has 0 aromatic heterocycles. The Morgan fingerprint density at radius 2 is 1.65 bits per heavy atom. The molecule has 3 aromatic carbocycles. The van der Waals surface area contributed by atoms with E-state index in [1.165, 1.54) is 11.6 Å². The first-order valence-electron chi connectivity index (χ1n) is 6.68. The van der Waals surface area contributed by atoms with Crippen molar-refractivity contribution < 1.29 is 4.39 Å². The van der Waals surface area contributed by atoms with Gasteiger partial charge < -0.3 is 5.73 Å². The van der Waals surface area contributed by atoms with E-state index in [1.807, 2.05) is 36.4 Å². The van der Waals surface area contributed by atoms with Gasteiger partial charge in [-0.15, -0.1) is 0 Å². The van der Waals surface area contributed by atoms with E-state index in [9.17, 15) is 4.39 Å². The van der Waals surface area contributed by atoms with Gasteiger partial charge in [0.2, 0.25) is 0 Å². The van der Waals surface area contributed by atoms with Gasteiger partial charge in [-0.1, -0.05) is 42.5 Å². The molecule has 0 aliphatic carbocycles. The van der Waals surface area contributed by atoms with Gasteiger partial charge >= 0.3 is 0 Å². The molecule has 0 heterocycles. The lowest BCUT2D eigenvalue weighted by Crippen LogP contribution is -1.97. The molecule has 0 aliphatic rings. The summed E-state index contributed by atoms with van der Waals surface area (Å²) in [4.78, 5) is 0. The van der Waals surface area contributed by atoms with Crippen molar-refractivity contribution in [1.29, 1.82) is 0 Å². The van der Waals surface area contributed by atoms with Crippen molar-refractivity contribution in [3.05, 3.63) is 71.5 Å². The molecule has 20 heavy (non-hydrogen) atoms. The second-order valence-corrected chi connectivity index (χ2v) is 4.99. The first-order valence-corrected chi connectivity index (χ1v) is 6.68. The second kappa shape index (κ2) is 5.06. The summed E-state index contributed by atoms with van der Waals surface area (Å²) in [6.07, 6.45) is 0. The Bertz CT molecular complexity index is 777. The topological polar surface area (TPSA) is 26.0 Å². The summed E-state index contributed by atoms with van der Waals surface area (Å²) in [6.45, 7) is 2.48. The highest BCUT2D eigenvalue weighted by atomic mass is 19.1. The summed E-state index contributed by atoms with van der Waals surface area (Å²) in [7, 11) is 0. The van der Waals surface area contributed by atoms with Crippen LogP contribution < -0.4 is 5.73 Å². The number of halogens is 1. The lowest BCUT2D eigenvalue weighted by molar-refractivity contribution is 0.630. The summed E-state index contributed by atoms with van der Waals surface area (Å²) < 4.78 is 14.2. The van der Waals surface area contributed by atoms with Gasteiger partial charge in [-0.2, -0.15) is 0 Å². The summed E-state index contributed by atoms with van der Waals surface area (Å²) in [5, 5.41) is 2.23. The van der Waals surface area contributed by atoms with Crippen molar-refractivity contribution in [3.63, 3.8) is 0 Å². The maximum Gasteiger partial charge on any atom is 0.131 e. The van der Waals surface area contributed by atoms with Crippen molar-refractivity contribution in [3.8, 4) is 11.1 Å². The van der Waals surface area contributed by atoms with Gasteiger partial charge in [0.15, 0.2) is 0 Å². The van der Waals surface area contributed by atoms with Crippen LogP contribution in [0.1, 0.15) is 11.1 Å². The van der Waals surface area contributed by atoms with Crippen LogP contribution in [0, 0.1) is 12.7 Å². The molecule has 0 saturated carbocycles. The monoisotopic (exact) mass is 265 g/mol. The molecule has 2 N–H and O–H groups in total. The number of fused-ring (bicyclic) bond motifs is 1. The molecule has 0 unspecified atom stereocenters. The van der Waals surface area contributed by atoms with Gasteiger partial charge in [-0.25, -0.2) is 4.39 Å². The third-order valence-electron chi connectivity index (χ3n) is 3.70. The predicted molar refractivity (Wildman–Crippen MR) is 82.0 cm³/mol. The average molecular weight is 265 g/mol. The molecule has 0 atom stereocenters. The molecular formula is C18H16FN. The average Bonchev–Trinajstić information content (AvgIpc) is 2.49. The molecule has 0 fully saturated rings. The number of benzene rings is 3. The molecule has 0 aliphatic heterocycles. The Labute approximate surface area is 117 Å². The lowest BCUT2D eigenvalue weighted by Gasteiger charge is -2.11. The van der Waals surface area contributed by atoms with E-state index in [1.54, 1.807) is 6.07 Å². The summed E-state index contributed by atoms with van der Waals surface area (Å²) in [5.41, 5.74) is 9.32. The van der Waals surface area contributed by atoms with E-state index in [0.717, 1.165) is 21.9 Å². The predicted octanol–water partition coefficient (Wildman–Crippen LogP) is 4.41. The fourth-order valence-corrected chi connectivity index (χ4v) is 2.59. The quantitative estimate of drug-likeness (QED) is 0.729. The van der Waals surface area contributed by atoms with Gasteiger partial charge in [0.05, 0.1) is 0 Å². The van der Waals surface area contributed by atoms with Crippen LogP contribution in [0.15, 0.2) is 54.6 Å². The Balaban J connectivity index is 2.33. The molecule has 0 saturated heterocycles. The number of hydrogen-bond acceptors (Lipinski definition) is 1. The largest absolute Gasteiger partial charge is 0.326 e. The smallest absolute Gasteiger partial charge is 0.131 e. The Hall–Kier alpha value is -2.19. The lowest BCUT2D eigenvalue weighted by atomic mass is 9.94. The van der Waals surface area contributed by atoms with Gasteiger partial charge in [-0.3, -0.25) is 0 Å². The van der Waals surface area contributed by atoms with Crippen molar-refractivity contribution in [2.45, 2.75) is 13.5 Å². The second-order valence-electron chi connectivity index (χ2n) is 4.99. The summed E-state index contributed by atoms with van der Waals surface area (Å²) in [5.74, 6) is -0.212. The molecule has 3 rings (SSSR count). The van der Waals surface area contributed by atoms with Gasteiger partial charge in [-0.05, 0) is 46.5 Å². The maximum absolute atomic E-state index is 14.2. The highest BCUT2D eigenvalue weighted by Crippen LogP contribution is 2.32. The minimum absolute atomic E-state index is 0.212. The first kappa shape index (κ1) is 12.8. The zero-order chi connectivity index (χ0) is 14.1. The molecule has 0 spiro atoms. The van der Waals surface area contributed by atoms with Crippen LogP contribution in [0.25, 0.3) is 21.9 Å². The molecule has 2 heteroatoms. The number of nitrogens with two attached hydrogens (primary N) is 1. The van der Waals surface area contributed by atoms with E-state index in [-0.39, 0.29) is 5.82 Å². The van der Waals surface area contributed by atoms with Crippen LogP contribution in [0.4, 0.5) is 4.39 Å². The van der Waals surface area contributed by atoms with E-state index in [0.29, 0.717) is 12.1 Å². The van der Waals surface area contributed by atoms with Crippen LogP contribution in [-0.4, -0.2) is 0 Å². The summed E-state index contributed by atoms with van der Waals surface area (Å²) >= 11 is 0. The fourth-order valence-electron chi connectivity index (χ4n) is 2.59. The highest BCUT2D eigenvalue weighted by molar-refractivity contribution is 5.98. The van der Waals surface area contributed by atoms with Gasteiger partial charge in [0.1, 0.15) is 5.82 Å². The molecule has 0 bridgehead atoms. The number of hydrogen-bond donors (Lipinski definition) is 1. The van der Waals surface area contributed by atoms with Crippen molar-refractivity contribution in [2.24, 2.45) is 5.73 Å². The highest BCUT2D eigenvalue weighted by Gasteiger charge is 2.10. The van der Waals surface area contributed by atoms with Gasteiger partial charge in [0, 0.05) is 12.1 Å².